The van der Waals surface area contributed by atoms with Crippen molar-refractivity contribution in [2.24, 2.45) is 0 Å². The van der Waals surface area contributed by atoms with Gasteiger partial charge in [0.05, 0.1) is 6.54 Å². The minimum absolute atomic E-state index is 0.0645. The largest absolute Gasteiger partial charge is 0.333 e. The minimum Gasteiger partial charge on any atom is -0.333 e. The molecule has 0 atom stereocenters. The summed E-state index contributed by atoms with van der Waals surface area (Å²) in [7, 11) is 1.92. The lowest BCUT2D eigenvalue weighted by Gasteiger charge is -2.31. The molecule has 1 aromatic rings. The van der Waals surface area contributed by atoms with Gasteiger partial charge in [-0.1, -0.05) is 19.3 Å². The lowest BCUT2D eigenvalue weighted by atomic mass is 9.95. The van der Waals surface area contributed by atoms with E-state index in [1.807, 2.05) is 11.9 Å². The highest BCUT2D eigenvalue weighted by Gasteiger charge is 2.21. The van der Waals surface area contributed by atoms with E-state index in [1.165, 1.54) is 29.7 Å². The zero-order valence-corrected chi connectivity index (χ0v) is 12.1. The highest BCUT2D eigenvalue weighted by Crippen LogP contribution is 2.21. The maximum atomic E-state index is 12.1. The first-order valence-corrected chi connectivity index (χ1v) is 7.60. The van der Waals surface area contributed by atoms with Crippen LogP contribution in [0, 0.1) is 6.92 Å². The summed E-state index contributed by atoms with van der Waals surface area (Å²) >= 11 is 1.71. The number of thiophene rings is 1. The normalized spacial score (nSPS) is 16.6. The van der Waals surface area contributed by atoms with Gasteiger partial charge in [0.1, 0.15) is 0 Å². The quantitative estimate of drug-likeness (QED) is 0.892. The van der Waals surface area contributed by atoms with Gasteiger partial charge < -0.3 is 10.2 Å². The topological polar surface area (TPSA) is 32.3 Å². The van der Waals surface area contributed by atoms with E-state index in [1.54, 1.807) is 11.3 Å². The summed E-state index contributed by atoms with van der Waals surface area (Å²) in [6, 6.07) is 2.59. The Morgan fingerprint density at radius 2 is 2.17 bits per heavy atom. The molecule has 0 bridgehead atoms. The van der Waals surface area contributed by atoms with Crippen molar-refractivity contribution in [3.05, 3.63) is 21.9 Å². The van der Waals surface area contributed by atoms with Crippen LogP contribution in [-0.2, 0) is 6.54 Å². The van der Waals surface area contributed by atoms with Crippen molar-refractivity contribution in [3.8, 4) is 0 Å². The molecule has 0 aromatic carbocycles. The predicted octanol–water partition coefficient (Wildman–Crippen LogP) is 3.53. The fourth-order valence-electron chi connectivity index (χ4n) is 2.50. The van der Waals surface area contributed by atoms with Crippen LogP contribution in [0.25, 0.3) is 0 Å². The first-order valence-electron chi connectivity index (χ1n) is 6.72. The standard InChI is InChI=1S/C14H22N2OS/c1-11-8-9-18-13(11)10-15-14(17)16(2)12-6-4-3-5-7-12/h8-9,12H,3-7,10H2,1-2H3,(H,15,17). The molecule has 0 spiro atoms. The lowest BCUT2D eigenvalue weighted by Crippen LogP contribution is -2.44. The van der Waals surface area contributed by atoms with Gasteiger partial charge in [-0.05, 0) is 36.8 Å². The number of aryl methyl sites for hydroxylation is 1. The highest BCUT2D eigenvalue weighted by molar-refractivity contribution is 7.10. The second-order valence-electron chi connectivity index (χ2n) is 5.09. The maximum absolute atomic E-state index is 12.1. The summed E-state index contributed by atoms with van der Waals surface area (Å²) in [6.07, 6.45) is 6.14. The van der Waals surface area contributed by atoms with Gasteiger partial charge in [0.25, 0.3) is 0 Å². The molecular formula is C14H22N2OS. The summed E-state index contributed by atoms with van der Waals surface area (Å²) in [4.78, 5) is 15.2. The number of urea groups is 1. The van der Waals surface area contributed by atoms with Crippen LogP contribution in [0.3, 0.4) is 0 Å². The molecule has 1 aliphatic carbocycles. The molecule has 3 nitrogen and oxygen atoms in total. The summed E-state index contributed by atoms with van der Waals surface area (Å²) in [5, 5.41) is 5.09. The molecule has 18 heavy (non-hydrogen) atoms. The Bertz CT molecular complexity index is 396. The number of carbonyl (C=O) groups excluding carboxylic acids is 1. The van der Waals surface area contributed by atoms with E-state index in [4.69, 9.17) is 0 Å². The molecule has 2 rings (SSSR count). The summed E-state index contributed by atoms with van der Waals surface area (Å²) < 4.78 is 0. The van der Waals surface area contributed by atoms with Crippen molar-refractivity contribution in [1.82, 2.24) is 10.2 Å². The van der Waals surface area contributed by atoms with Gasteiger partial charge in [0.15, 0.2) is 0 Å². The third-order valence-electron chi connectivity index (χ3n) is 3.81. The van der Waals surface area contributed by atoms with Gasteiger partial charge in [0.2, 0.25) is 0 Å². The second kappa shape index (κ2) is 6.23. The number of nitrogens with zero attached hydrogens (tertiary/aromatic N) is 1. The van der Waals surface area contributed by atoms with Crippen LogP contribution < -0.4 is 5.32 Å². The average Bonchev–Trinajstić information content (AvgIpc) is 2.81. The van der Waals surface area contributed by atoms with Crippen molar-refractivity contribution >= 4 is 17.4 Å². The number of carbonyl (C=O) groups is 1. The van der Waals surface area contributed by atoms with Crippen LogP contribution in [0.4, 0.5) is 4.79 Å². The molecule has 0 radical (unpaired) electrons. The van der Waals surface area contributed by atoms with Crippen molar-refractivity contribution in [2.75, 3.05) is 7.05 Å². The molecule has 4 heteroatoms. The first kappa shape index (κ1) is 13.4. The smallest absolute Gasteiger partial charge is 0.317 e. The molecular weight excluding hydrogens is 244 g/mol. The Labute approximate surface area is 113 Å². The highest BCUT2D eigenvalue weighted by atomic mass is 32.1. The van der Waals surface area contributed by atoms with Crippen LogP contribution in [0.15, 0.2) is 11.4 Å². The molecule has 1 aromatic heterocycles. The fraction of sp³-hybridized carbons (Fsp3) is 0.643. The summed E-state index contributed by atoms with van der Waals surface area (Å²) in [6.45, 7) is 2.74. The third kappa shape index (κ3) is 3.25. The van der Waals surface area contributed by atoms with Gasteiger partial charge in [-0.2, -0.15) is 0 Å². The van der Waals surface area contributed by atoms with Gasteiger partial charge in [-0.15, -0.1) is 11.3 Å². The monoisotopic (exact) mass is 266 g/mol. The minimum atomic E-state index is 0.0645. The Kier molecular flexibility index (Phi) is 4.64. The molecule has 1 fully saturated rings. The number of amides is 2. The van der Waals surface area contributed by atoms with E-state index in [9.17, 15) is 4.79 Å². The zero-order chi connectivity index (χ0) is 13.0. The van der Waals surface area contributed by atoms with E-state index < -0.39 is 0 Å². The summed E-state index contributed by atoms with van der Waals surface area (Å²) in [5.41, 5.74) is 1.26. The van der Waals surface area contributed by atoms with Crippen LogP contribution in [0.1, 0.15) is 42.5 Å². The van der Waals surface area contributed by atoms with Crippen molar-refractivity contribution < 1.29 is 4.79 Å². The van der Waals surface area contributed by atoms with Crippen LogP contribution >= 0.6 is 11.3 Å². The Balaban J connectivity index is 1.82. The Hall–Kier alpha value is -1.03. The maximum Gasteiger partial charge on any atom is 0.317 e. The van der Waals surface area contributed by atoms with E-state index in [0.717, 1.165) is 12.8 Å². The predicted molar refractivity (Wildman–Crippen MR) is 75.9 cm³/mol. The van der Waals surface area contributed by atoms with E-state index in [2.05, 4.69) is 23.7 Å². The van der Waals surface area contributed by atoms with Gasteiger partial charge in [-0.3, -0.25) is 0 Å². The van der Waals surface area contributed by atoms with Crippen molar-refractivity contribution in [1.29, 1.82) is 0 Å². The van der Waals surface area contributed by atoms with E-state index in [-0.39, 0.29) is 6.03 Å². The average molecular weight is 266 g/mol. The molecule has 0 saturated heterocycles. The number of nitrogens with one attached hydrogen (secondary N) is 1. The molecule has 2 amide bonds. The number of hydrogen-bond donors (Lipinski definition) is 1. The zero-order valence-electron chi connectivity index (χ0n) is 11.2. The Morgan fingerprint density at radius 1 is 1.44 bits per heavy atom. The Morgan fingerprint density at radius 3 is 2.78 bits per heavy atom. The SMILES string of the molecule is Cc1ccsc1CNC(=O)N(C)C1CCCCC1. The molecule has 1 saturated carbocycles. The fourth-order valence-corrected chi connectivity index (χ4v) is 3.35. The summed E-state index contributed by atoms with van der Waals surface area (Å²) in [5.74, 6) is 0. The molecule has 0 aliphatic heterocycles. The van der Waals surface area contributed by atoms with E-state index in [0.29, 0.717) is 12.6 Å². The van der Waals surface area contributed by atoms with Crippen LogP contribution in [0.5, 0.6) is 0 Å². The van der Waals surface area contributed by atoms with Crippen molar-refractivity contribution in [2.45, 2.75) is 51.6 Å². The number of rotatable bonds is 3. The third-order valence-corrected chi connectivity index (χ3v) is 4.83. The first-order chi connectivity index (χ1) is 8.68. The van der Waals surface area contributed by atoms with Crippen LogP contribution in [0.2, 0.25) is 0 Å². The van der Waals surface area contributed by atoms with Gasteiger partial charge in [0, 0.05) is 18.0 Å². The second-order valence-corrected chi connectivity index (χ2v) is 6.09. The van der Waals surface area contributed by atoms with Gasteiger partial charge >= 0.3 is 6.03 Å². The van der Waals surface area contributed by atoms with Crippen LogP contribution in [-0.4, -0.2) is 24.0 Å². The van der Waals surface area contributed by atoms with Gasteiger partial charge in [-0.25, -0.2) is 4.79 Å². The van der Waals surface area contributed by atoms with Crippen molar-refractivity contribution in [3.63, 3.8) is 0 Å². The molecule has 1 aliphatic rings. The van der Waals surface area contributed by atoms with E-state index >= 15 is 0 Å². The lowest BCUT2D eigenvalue weighted by molar-refractivity contribution is 0.173. The number of hydrogen-bond acceptors (Lipinski definition) is 2. The molecule has 1 heterocycles. The molecule has 1 N–H and O–H groups in total. The molecule has 0 unspecified atom stereocenters. The molecule has 100 valence electrons.